The molecule has 2 amide bonds. The molecule has 0 spiro atoms. The third-order valence-corrected chi connectivity index (χ3v) is 6.89. The van der Waals surface area contributed by atoms with E-state index in [0.717, 1.165) is 13.1 Å². The van der Waals surface area contributed by atoms with Gasteiger partial charge in [0.05, 0.1) is 39.2 Å². The predicted octanol–water partition coefficient (Wildman–Crippen LogP) is 2.33. The predicted molar refractivity (Wildman–Crippen MR) is 142 cm³/mol. The molecule has 1 saturated heterocycles. The topological polar surface area (TPSA) is 93.1 Å². The summed E-state index contributed by atoms with van der Waals surface area (Å²) in [7, 11) is 4.54. The van der Waals surface area contributed by atoms with Crippen LogP contribution in [0.5, 0.6) is 11.5 Å². The molecule has 2 aliphatic heterocycles. The normalized spacial score (nSPS) is 17.6. The molecule has 39 heavy (non-hydrogen) atoms. The molecule has 2 heterocycles. The van der Waals surface area contributed by atoms with Gasteiger partial charge in [0.25, 0.3) is 5.91 Å². The molecule has 1 atom stereocenters. The van der Waals surface area contributed by atoms with Crippen molar-refractivity contribution in [3.05, 3.63) is 59.4 Å². The Hall–Kier alpha value is -3.54. The fourth-order valence-electron chi connectivity index (χ4n) is 4.76. The lowest BCUT2D eigenvalue weighted by Crippen LogP contribution is -2.47. The second-order valence-electron chi connectivity index (χ2n) is 9.29. The quantitative estimate of drug-likeness (QED) is 0.430. The van der Waals surface area contributed by atoms with Crippen molar-refractivity contribution in [3.8, 4) is 11.5 Å². The molecule has 4 rings (SSSR count). The molecular formula is C28H35FN4O6. The molecule has 10 nitrogen and oxygen atoms in total. The van der Waals surface area contributed by atoms with Crippen molar-refractivity contribution in [3.63, 3.8) is 0 Å². The SMILES string of the molecule is COCC(=O)N(CCN1CCOCC1)CC(=O)N1N=C(c2ccc(OC)cc2OC)C[C@H]1c1ccccc1F. The highest BCUT2D eigenvalue weighted by Gasteiger charge is 2.36. The number of halogens is 1. The minimum Gasteiger partial charge on any atom is -0.497 e. The highest BCUT2D eigenvalue weighted by molar-refractivity contribution is 6.05. The third-order valence-electron chi connectivity index (χ3n) is 6.89. The van der Waals surface area contributed by atoms with E-state index in [0.29, 0.717) is 54.6 Å². The van der Waals surface area contributed by atoms with E-state index in [9.17, 15) is 14.0 Å². The Kier molecular flexibility index (Phi) is 9.85. The lowest BCUT2D eigenvalue weighted by Gasteiger charge is -2.31. The number of benzene rings is 2. The number of hydrogen-bond donors (Lipinski definition) is 0. The number of nitrogens with zero attached hydrogens (tertiary/aromatic N) is 4. The van der Waals surface area contributed by atoms with E-state index in [1.807, 2.05) is 0 Å². The van der Waals surface area contributed by atoms with Gasteiger partial charge in [-0.3, -0.25) is 14.5 Å². The van der Waals surface area contributed by atoms with Crippen LogP contribution in [0, 0.1) is 5.82 Å². The van der Waals surface area contributed by atoms with Crippen molar-refractivity contribution in [2.45, 2.75) is 12.5 Å². The van der Waals surface area contributed by atoms with Crippen LogP contribution in [0.3, 0.4) is 0 Å². The maximum atomic E-state index is 14.9. The molecule has 0 aliphatic carbocycles. The van der Waals surface area contributed by atoms with Gasteiger partial charge in [0.2, 0.25) is 5.91 Å². The zero-order valence-electron chi connectivity index (χ0n) is 22.6. The number of rotatable bonds is 11. The smallest absolute Gasteiger partial charge is 0.262 e. The number of hydrogen-bond acceptors (Lipinski definition) is 8. The van der Waals surface area contributed by atoms with Crippen molar-refractivity contribution < 1.29 is 32.9 Å². The highest BCUT2D eigenvalue weighted by atomic mass is 19.1. The van der Waals surface area contributed by atoms with E-state index in [1.165, 1.54) is 23.1 Å². The third kappa shape index (κ3) is 6.92. The molecule has 0 N–H and O–H groups in total. The fourth-order valence-corrected chi connectivity index (χ4v) is 4.76. The van der Waals surface area contributed by atoms with Crippen molar-refractivity contribution in [1.29, 1.82) is 0 Å². The van der Waals surface area contributed by atoms with E-state index in [1.54, 1.807) is 50.6 Å². The molecule has 11 heteroatoms. The number of carbonyl (C=O) groups excluding carboxylic acids is 2. The monoisotopic (exact) mass is 542 g/mol. The van der Waals surface area contributed by atoms with E-state index in [4.69, 9.17) is 18.9 Å². The zero-order chi connectivity index (χ0) is 27.8. The summed E-state index contributed by atoms with van der Waals surface area (Å²) < 4.78 is 36.3. The van der Waals surface area contributed by atoms with Crippen molar-refractivity contribution in [1.82, 2.24) is 14.8 Å². The van der Waals surface area contributed by atoms with Gasteiger partial charge in [0.15, 0.2) is 0 Å². The summed E-state index contributed by atoms with van der Waals surface area (Å²) in [5, 5.41) is 5.94. The molecule has 0 saturated carbocycles. The van der Waals surface area contributed by atoms with Crippen LogP contribution >= 0.6 is 0 Å². The first-order valence-electron chi connectivity index (χ1n) is 12.9. The van der Waals surface area contributed by atoms with Gasteiger partial charge in [-0.2, -0.15) is 5.10 Å². The van der Waals surface area contributed by atoms with Gasteiger partial charge in [-0.05, 0) is 18.2 Å². The van der Waals surface area contributed by atoms with Crippen LogP contribution < -0.4 is 9.47 Å². The molecule has 210 valence electrons. The largest absolute Gasteiger partial charge is 0.497 e. The molecule has 2 aromatic rings. The number of ether oxygens (including phenoxy) is 4. The van der Waals surface area contributed by atoms with Crippen LogP contribution in [-0.2, 0) is 19.1 Å². The average Bonchev–Trinajstić information content (AvgIpc) is 3.40. The minimum absolute atomic E-state index is 0.148. The summed E-state index contributed by atoms with van der Waals surface area (Å²) in [5.74, 6) is -0.0190. The number of morpholine rings is 1. The minimum atomic E-state index is -0.681. The Bertz CT molecular complexity index is 1190. The summed E-state index contributed by atoms with van der Waals surface area (Å²) in [6.45, 7) is 3.37. The van der Waals surface area contributed by atoms with Crippen molar-refractivity contribution >= 4 is 17.5 Å². The van der Waals surface area contributed by atoms with E-state index in [-0.39, 0.29) is 25.5 Å². The molecule has 0 aromatic heterocycles. The van der Waals surface area contributed by atoms with E-state index in [2.05, 4.69) is 10.0 Å². The molecule has 1 fully saturated rings. The number of hydrazone groups is 1. The number of carbonyl (C=O) groups is 2. The summed E-state index contributed by atoms with van der Waals surface area (Å²) in [4.78, 5) is 30.2. The Morgan fingerprint density at radius 2 is 1.87 bits per heavy atom. The first-order valence-corrected chi connectivity index (χ1v) is 12.9. The second-order valence-corrected chi connectivity index (χ2v) is 9.29. The van der Waals surface area contributed by atoms with Gasteiger partial charge in [0, 0.05) is 56.9 Å². The Balaban J connectivity index is 1.61. The van der Waals surface area contributed by atoms with Crippen molar-refractivity contribution in [2.24, 2.45) is 5.10 Å². The summed E-state index contributed by atoms with van der Waals surface area (Å²) in [5.41, 5.74) is 1.59. The molecule has 0 radical (unpaired) electrons. The first-order chi connectivity index (χ1) is 18.9. The number of methoxy groups -OCH3 is 3. The van der Waals surface area contributed by atoms with Gasteiger partial charge in [-0.15, -0.1) is 0 Å². The molecular weight excluding hydrogens is 507 g/mol. The zero-order valence-corrected chi connectivity index (χ0v) is 22.6. The van der Waals surface area contributed by atoms with Gasteiger partial charge < -0.3 is 23.8 Å². The maximum Gasteiger partial charge on any atom is 0.262 e. The lowest BCUT2D eigenvalue weighted by atomic mass is 9.97. The highest BCUT2D eigenvalue weighted by Crippen LogP contribution is 2.37. The van der Waals surface area contributed by atoms with Gasteiger partial charge in [-0.25, -0.2) is 9.40 Å². The number of amides is 2. The van der Waals surface area contributed by atoms with Crippen LogP contribution in [0.4, 0.5) is 4.39 Å². The van der Waals surface area contributed by atoms with Crippen molar-refractivity contribution in [2.75, 3.05) is 73.9 Å². The lowest BCUT2D eigenvalue weighted by molar-refractivity contribution is -0.144. The summed E-state index contributed by atoms with van der Waals surface area (Å²) in [6, 6.07) is 11.0. The molecule has 2 aromatic carbocycles. The van der Waals surface area contributed by atoms with Gasteiger partial charge >= 0.3 is 0 Å². The first kappa shape index (κ1) is 28.5. The maximum absolute atomic E-state index is 14.9. The van der Waals surface area contributed by atoms with E-state index < -0.39 is 17.8 Å². The van der Waals surface area contributed by atoms with E-state index >= 15 is 0 Å². The Morgan fingerprint density at radius 1 is 1.10 bits per heavy atom. The standard InChI is InChI=1S/C28H35FN4O6/c1-36-19-28(35)32(11-10-31-12-14-39-15-13-31)18-27(34)33-25(21-6-4-5-7-23(21)29)17-24(30-33)22-9-8-20(37-2)16-26(22)38-3/h4-9,16,25H,10-15,17-19H2,1-3H3/t25-/m0/s1. The molecule has 0 unspecified atom stereocenters. The fraction of sp³-hybridized carbons (Fsp3) is 0.464. The van der Waals surface area contributed by atoms with Crippen LogP contribution in [-0.4, -0.2) is 106 Å². The average molecular weight is 543 g/mol. The van der Waals surface area contributed by atoms with Gasteiger partial charge in [-0.1, -0.05) is 18.2 Å². The van der Waals surface area contributed by atoms with Crippen LogP contribution in [0.25, 0.3) is 0 Å². The summed E-state index contributed by atoms with van der Waals surface area (Å²) >= 11 is 0. The second kappa shape index (κ2) is 13.5. The Labute approximate surface area is 227 Å². The van der Waals surface area contributed by atoms with Crippen LogP contribution in [0.15, 0.2) is 47.6 Å². The molecule has 0 bridgehead atoms. The summed E-state index contributed by atoms with van der Waals surface area (Å²) in [6.07, 6.45) is 0.273. The van der Waals surface area contributed by atoms with Crippen LogP contribution in [0.1, 0.15) is 23.6 Å². The Morgan fingerprint density at radius 3 is 2.56 bits per heavy atom. The van der Waals surface area contributed by atoms with Gasteiger partial charge in [0.1, 0.15) is 30.5 Å². The molecule has 2 aliphatic rings. The van der Waals surface area contributed by atoms with Crippen LogP contribution in [0.2, 0.25) is 0 Å².